The van der Waals surface area contributed by atoms with Gasteiger partial charge in [-0.15, -0.1) is 0 Å². The van der Waals surface area contributed by atoms with Crippen LogP contribution in [0.4, 0.5) is 0 Å². The summed E-state index contributed by atoms with van der Waals surface area (Å²) in [4.78, 5) is 10.8. The van der Waals surface area contributed by atoms with Gasteiger partial charge in [-0.3, -0.25) is 0 Å². The number of rotatable bonds is 2. The van der Waals surface area contributed by atoms with Gasteiger partial charge < -0.3 is 4.74 Å². The van der Waals surface area contributed by atoms with Gasteiger partial charge in [0.25, 0.3) is 0 Å². The van der Waals surface area contributed by atoms with Crippen molar-refractivity contribution in [3.8, 4) is 0 Å². The third kappa shape index (κ3) is 3.05. The number of esters is 1. The highest BCUT2D eigenvalue weighted by Gasteiger charge is 1.98. The Morgan fingerprint density at radius 3 is 2.79 bits per heavy atom. The lowest BCUT2D eigenvalue weighted by atomic mass is 10.2. The molecule has 0 saturated carbocycles. The Balaban J connectivity index is 2.90. The molecule has 0 aliphatic heterocycles. The van der Waals surface area contributed by atoms with E-state index in [0.29, 0.717) is 15.6 Å². The monoisotopic (exact) mass is 230 g/mol. The van der Waals surface area contributed by atoms with Crippen LogP contribution in [0.2, 0.25) is 10.0 Å². The number of carbonyl (C=O) groups excluding carboxylic acids is 1. The molecular weight excluding hydrogens is 223 g/mol. The second-order valence-corrected chi connectivity index (χ2v) is 3.37. The SMILES string of the molecule is COC(=O)/C=C/c1cc(Cl)ccc1Cl. The summed E-state index contributed by atoms with van der Waals surface area (Å²) in [5.74, 6) is -0.430. The second kappa shape index (κ2) is 5.03. The van der Waals surface area contributed by atoms with Crippen molar-refractivity contribution in [2.75, 3.05) is 7.11 Å². The Hall–Kier alpha value is -0.990. The third-order valence-corrected chi connectivity index (χ3v) is 2.14. The molecule has 2 nitrogen and oxygen atoms in total. The first-order valence-electron chi connectivity index (χ1n) is 3.84. The largest absolute Gasteiger partial charge is 0.466 e. The predicted molar refractivity (Wildman–Crippen MR) is 57.5 cm³/mol. The van der Waals surface area contributed by atoms with Crippen LogP contribution in [0, 0.1) is 0 Å². The zero-order chi connectivity index (χ0) is 10.6. The van der Waals surface area contributed by atoms with Crippen molar-refractivity contribution < 1.29 is 9.53 Å². The zero-order valence-corrected chi connectivity index (χ0v) is 8.97. The molecule has 0 aliphatic carbocycles. The van der Waals surface area contributed by atoms with Crippen molar-refractivity contribution in [1.82, 2.24) is 0 Å². The van der Waals surface area contributed by atoms with Gasteiger partial charge in [-0.05, 0) is 29.8 Å². The van der Waals surface area contributed by atoms with Gasteiger partial charge in [0.15, 0.2) is 0 Å². The molecule has 0 aliphatic rings. The maximum atomic E-state index is 10.8. The van der Waals surface area contributed by atoms with E-state index in [1.165, 1.54) is 13.2 Å². The van der Waals surface area contributed by atoms with Crippen LogP contribution in [0.15, 0.2) is 24.3 Å². The number of benzene rings is 1. The molecule has 1 rings (SSSR count). The van der Waals surface area contributed by atoms with Crippen molar-refractivity contribution in [1.29, 1.82) is 0 Å². The van der Waals surface area contributed by atoms with Crippen LogP contribution in [0.5, 0.6) is 0 Å². The molecule has 0 spiro atoms. The van der Waals surface area contributed by atoms with E-state index in [-0.39, 0.29) is 0 Å². The molecule has 74 valence electrons. The molecule has 0 atom stereocenters. The maximum Gasteiger partial charge on any atom is 0.330 e. The fourth-order valence-electron chi connectivity index (χ4n) is 0.868. The number of halogens is 2. The minimum Gasteiger partial charge on any atom is -0.466 e. The molecule has 14 heavy (non-hydrogen) atoms. The van der Waals surface area contributed by atoms with Gasteiger partial charge in [0.1, 0.15) is 0 Å². The Morgan fingerprint density at radius 2 is 2.14 bits per heavy atom. The highest BCUT2D eigenvalue weighted by molar-refractivity contribution is 6.34. The van der Waals surface area contributed by atoms with Crippen molar-refractivity contribution in [2.24, 2.45) is 0 Å². The highest BCUT2D eigenvalue weighted by atomic mass is 35.5. The summed E-state index contributed by atoms with van der Waals surface area (Å²) in [6.07, 6.45) is 2.84. The molecule has 4 heteroatoms. The maximum absolute atomic E-state index is 10.8. The summed E-state index contributed by atoms with van der Waals surface area (Å²) in [5.41, 5.74) is 0.685. The highest BCUT2D eigenvalue weighted by Crippen LogP contribution is 2.21. The Labute approximate surface area is 92.1 Å². The molecule has 0 bridgehead atoms. The van der Waals surface area contributed by atoms with Gasteiger partial charge in [-0.2, -0.15) is 0 Å². The van der Waals surface area contributed by atoms with Gasteiger partial charge in [0, 0.05) is 16.1 Å². The minimum absolute atomic E-state index is 0.430. The van der Waals surface area contributed by atoms with Gasteiger partial charge in [-0.1, -0.05) is 23.2 Å². The second-order valence-electron chi connectivity index (χ2n) is 2.52. The first-order valence-corrected chi connectivity index (χ1v) is 4.60. The number of methoxy groups -OCH3 is 1. The molecule has 0 amide bonds. The van der Waals surface area contributed by atoms with E-state index in [4.69, 9.17) is 23.2 Å². The smallest absolute Gasteiger partial charge is 0.330 e. The molecule has 0 saturated heterocycles. The van der Waals surface area contributed by atoms with Crippen LogP contribution in [-0.4, -0.2) is 13.1 Å². The average molecular weight is 231 g/mol. The Bertz CT molecular complexity index is 372. The fourth-order valence-corrected chi connectivity index (χ4v) is 1.23. The first kappa shape index (κ1) is 11.1. The first-order chi connectivity index (χ1) is 6.63. The summed E-state index contributed by atoms with van der Waals surface area (Å²) < 4.78 is 4.44. The van der Waals surface area contributed by atoms with Crippen LogP contribution >= 0.6 is 23.2 Å². The lowest BCUT2D eigenvalue weighted by Crippen LogP contribution is -1.93. The number of hydrogen-bond donors (Lipinski definition) is 0. The topological polar surface area (TPSA) is 26.3 Å². The van der Waals surface area contributed by atoms with E-state index in [2.05, 4.69) is 4.74 Å². The standard InChI is InChI=1S/C10H8Cl2O2/c1-14-10(13)5-2-7-6-8(11)3-4-9(7)12/h2-6H,1H3/b5-2+. The zero-order valence-electron chi connectivity index (χ0n) is 7.46. The van der Waals surface area contributed by atoms with E-state index >= 15 is 0 Å². The van der Waals surface area contributed by atoms with Crippen molar-refractivity contribution in [3.05, 3.63) is 39.9 Å². The van der Waals surface area contributed by atoms with Gasteiger partial charge in [0.2, 0.25) is 0 Å². The molecule has 1 aromatic carbocycles. The summed E-state index contributed by atoms with van der Waals surface area (Å²) in [7, 11) is 1.31. The van der Waals surface area contributed by atoms with E-state index < -0.39 is 5.97 Å². The molecule has 0 N–H and O–H groups in total. The normalized spacial score (nSPS) is 10.5. The summed E-state index contributed by atoms with van der Waals surface area (Å²) in [6.45, 7) is 0. The van der Waals surface area contributed by atoms with Crippen LogP contribution in [0.3, 0.4) is 0 Å². The summed E-state index contributed by atoms with van der Waals surface area (Å²) >= 11 is 11.6. The van der Waals surface area contributed by atoms with Crippen LogP contribution in [-0.2, 0) is 9.53 Å². The van der Waals surface area contributed by atoms with Gasteiger partial charge in [-0.25, -0.2) is 4.79 Å². The molecule has 0 radical (unpaired) electrons. The van der Waals surface area contributed by atoms with E-state index in [0.717, 1.165) is 0 Å². The third-order valence-electron chi connectivity index (χ3n) is 1.56. The lowest BCUT2D eigenvalue weighted by Gasteiger charge is -1.98. The number of hydrogen-bond acceptors (Lipinski definition) is 2. The molecular formula is C10H8Cl2O2. The molecule has 0 aromatic heterocycles. The van der Waals surface area contributed by atoms with Crippen molar-refractivity contribution >= 4 is 35.2 Å². The quantitative estimate of drug-likeness (QED) is 0.577. The minimum atomic E-state index is -0.430. The van der Waals surface area contributed by atoms with E-state index in [1.807, 2.05) is 0 Å². The van der Waals surface area contributed by atoms with Crippen LogP contribution in [0.1, 0.15) is 5.56 Å². The number of ether oxygens (including phenoxy) is 1. The molecule has 1 aromatic rings. The molecule has 0 unspecified atom stereocenters. The van der Waals surface area contributed by atoms with Crippen molar-refractivity contribution in [3.63, 3.8) is 0 Å². The summed E-state index contributed by atoms with van der Waals surface area (Å²) in [6, 6.07) is 5.02. The lowest BCUT2D eigenvalue weighted by molar-refractivity contribution is -0.134. The van der Waals surface area contributed by atoms with Crippen LogP contribution < -0.4 is 0 Å². The van der Waals surface area contributed by atoms with Crippen LogP contribution in [0.25, 0.3) is 6.08 Å². The van der Waals surface area contributed by atoms with Gasteiger partial charge >= 0.3 is 5.97 Å². The fraction of sp³-hybridized carbons (Fsp3) is 0.100. The predicted octanol–water partition coefficient (Wildman–Crippen LogP) is 3.18. The van der Waals surface area contributed by atoms with Crippen molar-refractivity contribution in [2.45, 2.75) is 0 Å². The van der Waals surface area contributed by atoms with E-state index in [1.54, 1.807) is 24.3 Å². The van der Waals surface area contributed by atoms with E-state index in [9.17, 15) is 4.79 Å². The molecule has 0 fully saturated rings. The average Bonchev–Trinajstić information content (AvgIpc) is 2.19. The number of carbonyl (C=O) groups is 1. The van der Waals surface area contributed by atoms with Gasteiger partial charge in [0.05, 0.1) is 7.11 Å². The molecule has 0 heterocycles. The Kier molecular flexibility index (Phi) is 3.98. The summed E-state index contributed by atoms with van der Waals surface area (Å²) in [5, 5.41) is 1.11. The Morgan fingerprint density at radius 1 is 1.43 bits per heavy atom.